The molecule has 2 heterocycles. The highest BCUT2D eigenvalue weighted by atomic mass is 79.9. The molecule has 31 heavy (non-hydrogen) atoms. The number of hydrogen-bond acceptors (Lipinski definition) is 6. The van der Waals surface area contributed by atoms with Crippen molar-refractivity contribution in [3.05, 3.63) is 22.8 Å². The standard InChI is InChI=1S/C21H30BrN3O6/c1-20(2,3)16(24-19(29)31-21(4,5)6)17(26)25-11-12(10-13(25)18(27)28)30-15-9-7-8-14(22)23-15/h7-9,12-13,16H,10-11H2,1-6H3,(H,24,29)(H,27,28)/t12-,13+,16-/m1/s1. The largest absolute Gasteiger partial charge is 0.480 e. The normalized spacial score (nSPS) is 20.2. The summed E-state index contributed by atoms with van der Waals surface area (Å²) in [5.41, 5.74) is -1.41. The van der Waals surface area contributed by atoms with E-state index in [1.807, 2.05) is 0 Å². The minimum Gasteiger partial charge on any atom is -0.480 e. The lowest BCUT2D eigenvalue weighted by Gasteiger charge is -2.35. The van der Waals surface area contributed by atoms with E-state index in [1.54, 1.807) is 59.7 Å². The fraction of sp³-hybridized carbons (Fsp3) is 0.619. The fourth-order valence-corrected chi connectivity index (χ4v) is 3.55. The third kappa shape index (κ3) is 7.09. The summed E-state index contributed by atoms with van der Waals surface area (Å²) < 4.78 is 11.7. The van der Waals surface area contributed by atoms with Crippen LogP contribution in [-0.2, 0) is 14.3 Å². The van der Waals surface area contributed by atoms with Crippen molar-refractivity contribution in [3.63, 3.8) is 0 Å². The number of ether oxygens (including phenoxy) is 2. The van der Waals surface area contributed by atoms with Gasteiger partial charge in [0.15, 0.2) is 0 Å². The number of nitrogens with one attached hydrogen (secondary N) is 1. The average Bonchev–Trinajstić information content (AvgIpc) is 3.01. The van der Waals surface area contributed by atoms with E-state index in [4.69, 9.17) is 9.47 Å². The van der Waals surface area contributed by atoms with Crippen LogP contribution in [0.1, 0.15) is 48.0 Å². The summed E-state index contributed by atoms with van der Waals surface area (Å²) in [7, 11) is 0. The zero-order chi connectivity index (χ0) is 23.6. The third-order valence-electron chi connectivity index (χ3n) is 4.58. The molecule has 0 saturated carbocycles. The molecule has 1 aliphatic rings. The van der Waals surface area contributed by atoms with Gasteiger partial charge in [0.25, 0.3) is 0 Å². The molecule has 0 aliphatic carbocycles. The summed E-state index contributed by atoms with van der Waals surface area (Å²) in [5.74, 6) is -1.30. The van der Waals surface area contributed by atoms with Crippen LogP contribution in [0.5, 0.6) is 5.88 Å². The Bertz CT molecular complexity index is 833. The van der Waals surface area contributed by atoms with Gasteiger partial charge in [-0.2, -0.15) is 0 Å². The van der Waals surface area contributed by atoms with Crippen LogP contribution >= 0.6 is 15.9 Å². The lowest BCUT2D eigenvalue weighted by Crippen LogP contribution is -2.57. The predicted octanol–water partition coefficient (Wildman–Crippen LogP) is 3.22. The van der Waals surface area contributed by atoms with Crippen LogP contribution < -0.4 is 10.1 Å². The predicted molar refractivity (Wildman–Crippen MR) is 117 cm³/mol. The van der Waals surface area contributed by atoms with E-state index in [9.17, 15) is 19.5 Å². The van der Waals surface area contributed by atoms with Crippen LogP contribution in [0.25, 0.3) is 0 Å². The monoisotopic (exact) mass is 499 g/mol. The summed E-state index contributed by atoms with van der Waals surface area (Å²) in [6.07, 6.45) is -1.18. The van der Waals surface area contributed by atoms with Crippen molar-refractivity contribution in [1.29, 1.82) is 0 Å². The number of carboxylic acids is 1. The number of aliphatic carboxylic acids is 1. The molecule has 1 aliphatic heterocycles. The number of rotatable bonds is 5. The second-order valence-electron chi connectivity index (χ2n) is 9.56. The second-order valence-corrected chi connectivity index (χ2v) is 10.4. The molecular formula is C21H30BrN3O6. The molecule has 1 aromatic rings. The van der Waals surface area contributed by atoms with Gasteiger partial charge >= 0.3 is 12.1 Å². The van der Waals surface area contributed by atoms with Crippen molar-refractivity contribution in [2.45, 2.75) is 71.8 Å². The first-order chi connectivity index (χ1) is 14.2. The Morgan fingerprint density at radius 2 is 1.87 bits per heavy atom. The summed E-state index contributed by atoms with van der Waals surface area (Å²) in [6, 6.07) is 3.10. The summed E-state index contributed by atoms with van der Waals surface area (Å²) >= 11 is 3.26. The number of likely N-dealkylation sites (tertiary alicyclic amines) is 1. The van der Waals surface area contributed by atoms with Gasteiger partial charge in [-0.25, -0.2) is 14.6 Å². The molecule has 2 rings (SSSR count). The minimum atomic E-state index is -1.13. The maximum atomic E-state index is 13.4. The lowest BCUT2D eigenvalue weighted by atomic mass is 9.85. The van der Waals surface area contributed by atoms with Gasteiger partial charge < -0.3 is 24.8 Å². The highest BCUT2D eigenvalue weighted by Crippen LogP contribution is 2.28. The van der Waals surface area contributed by atoms with Gasteiger partial charge in [-0.1, -0.05) is 26.8 Å². The number of nitrogens with zero attached hydrogens (tertiary/aromatic N) is 2. The molecule has 2 N–H and O–H groups in total. The third-order valence-corrected chi connectivity index (χ3v) is 5.02. The quantitative estimate of drug-likeness (QED) is 0.596. The van der Waals surface area contributed by atoms with E-state index in [1.165, 1.54) is 4.90 Å². The van der Waals surface area contributed by atoms with Crippen LogP contribution in [0, 0.1) is 5.41 Å². The zero-order valence-electron chi connectivity index (χ0n) is 18.6. The van der Waals surface area contributed by atoms with E-state index in [0.717, 1.165) is 0 Å². The molecule has 1 fully saturated rings. The molecule has 0 bridgehead atoms. The van der Waals surface area contributed by atoms with E-state index in [0.29, 0.717) is 10.5 Å². The van der Waals surface area contributed by atoms with Crippen molar-refractivity contribution in [1.82, 2.24) is 15.2 Å². The molecule has 1 aromatic heterocycles. The van der Waals surface area contributed by atoms with Crippen molar-refractivity contribution >= 4 is 33.9 Å². The Hall–Kier alpha value is -2.36. The van der Waals surface area contributed by atoms with Crippen molar-refractivity contribution in [2.24, 2.45) is 5.41 Å². The topological polar surface area (TPSA) is 118 Å². The number of halogens is 1. The molecule has 0 radical (unpaired) electrons. The first-order valence-electron chi connectivity index (χ1n) is 9.99. The first-order valence-corrected chi connectivity index (χ1v) is 10.8. The molecule has 1 saturated heterocycles. The molecular weight excluding hydrogens is 470 g/mol. The van der Waals surface area contributed by atoms with Gasteiger partial charge in [0, 0.05) is 12.5 Å². The number of carbonyl (C=O) groups is 3. The van der Waals surface area contributed by atoms with E-state index < -0.39 is 47.2 Å². The maximum absolute atomic E-state index is 13.4. The molecule has 9 nitrogen and oxygen atoms in total. The minimum absolute atomic E-state index is 0.0621. The van der Waals surface area contributed by atoms with Gasteiger partial charge in [0.1, 0.15) is 28.4 Å². The number of aromatic nitrogens is 1. The highest BCUT2D eigenvalue weighted by molar-refractivity contribution is 9.10. The smallest absolute Gasteiger partial charge is 0.408 e. The number of amides is 2. The number of carbonyl (C=O) groups excluding carboxylic acids is 2. The van der Waals surface area contributed by atoms with Gasteiger partial charge in [0.2, 0.25) is 11.8 Å². The van der Waals surface area contributed by atoms with Crippen molar-refractivity contribution in [2.75, 3.05) is 6.54 Å². The van der Waals surface area contributed by atoms with Gasteiger partial charge in [0.05, 0.1) is 6.54 Å². The molecule has 3 atom stereocenters. The Kier molecular flexibility index (Phi) is 7.57. The Morgan fingerprint density at radius 1 is 1.23 bits per heavy atom. The van der Waals surface area contributed by atoms with Crippen LogP contribution in [-0.4, -0.2) is 63.3 Å². The summed E-state index contributed by atoms with van der Waals surface area (Å²) in [5, 5.41) is 12.3. The van der Waals surface area contributed by atoms with Gasteiger partial charge in [-0.3, -0.25) is 4.79 Å². The number of carboxylic acid groups (broad SMARTS) is 1. The molecule has 2 amide bonds. The molecule has 0 unspecified atom stereocenters. The zero-order valence-corrected chi connectivity index (χ0v) is 20.2. The number of pyridine rings is 1. The Labute approximate surface area is 190 Å². The maximum Gasteiger partial charge on any atom is 0.408 e. The van der Waals surface area contributed by atoms with Gasteiger partial charge in [-0.15, -0.1) is 0 Å². The number of alkyl carbamates (subject to hydrolysis) is 1. The SMILES string of the molecule is CC(C)(C)OC(=O)N[C@H](C(=O)N1C[C@H](Oc2cccc(Br)n2)C[C@H]1C(=O)O)C(C)(C)C. The van der Waals surface area contributed by atoms with Crippen LogP contribution in [0.2, 0.25) is 0 Å². The Morgan fingerprint density at radius 3 is 2.39 bits per heavy atom. The van der Waals surface area contributed by atoms with E-state index in [-0.39, 0.29) is 13.0 Å². The Balaban J connectivity index is 2.21. The summed E-state index contributed by atoms with van der Waals surface area (Å²) in [6.45, 7) is 10.6. The lowest BCUT2D eigenvalue weighted by molar-refractivity contribution is -0.150. The van der Waals surface area contributed by atoms with E-state index in [2.05, 4.69) is 26.2 Å². The highest BCUT2D eigenvalue weighted by Gasteiger charge is 2.46. The van der Waals surface area contributed by atoms with Gasteiger partial charge in [-0.05, 0) is 48.2 Å². The fourth-order valence-electron chi connectivity index (χ4n) is 3.23. The number of hydrogen-bond donors (Lipinski definition) is 2. The molecule has 0 aromatic carbocycles. The second kappa shape index (κ2) is 9.42. The molecule has 0 spiro atoms. The summed E-state index contributed by atoms with van der Waals surface area (Å²) in [4.78, 5) is 43.0. The average molecular weight is 500 g/mol. The van der Waals surface area contributed by atoms with Crippen molar-refractivity contribution in [3.8, 4) is 5.88 Å². The van der Waals surface area contributed by atoms with Crippen LogP contribution in [0.15, 0.2) is 22.8 Å². The van der Waals surface area contributed by atoms with E-state index >= 15 is 0 Å². The van der Waals surface area contributed by atoms with Crippen LogP contribution in [0.3, 0.4) is 0 Å². The molecule has 172 valence electrons. The van der Waals surface area contributed by atoms with Crippen LogP contribution in [0.4, 0.5) is 4.79 Å². The first kappa shape index (κ1) is 24.9. The van der Waals surface area contributed by atoms with Crippen molar-refractivity contribution < 1.29 is 29.0 Å². The molecule has 10 heteroatoms.